The van der Waals surface area contributed by atoms with Gasteiger partial charge < -0.3 is 28.7 Å². The zero-order valence-corrected chi connectivity index (χ0v) is 30.5. The van der Waals surface area contributed by atoms with Gasteiger partial charge in [0.05, 0.1) is 55.9 Å². The summed E-state index contributed by atoms with van der Waals surface area (Å²) in [7, 11) is -3.70. The molecule has 284 valence electrons. The Labute approximate surface area is 312 Å². The van der Waals surface area contributed by atoms with E-state index in [1.54, 1.807) is 25.2 Å². The molecule has 2 heterocycles. The molecule has 0 aliphatic carbocycles. The first-order valence-electron chi connectivity index (χ1n) is 16.1. The van der Waals surface area contributed by atoms with Gasteiger partial charge in [-0.2, -0.15) is 10.4 Å². The minimum atomic E-state index is -4.99. The number of methoxy groups -OCH3 is 1. The van der Waals surface area contributed by atoms with E-state index in [-0.39, 0.29) is 53.0 Å². The molecule has 1 aromatic heterocycles. The Morgan fingerprint density at radius 3 is 2.57 bits per heavy atom. The van der Waals surface area contributed by atoms with Crippen LogP contribution < -0.4 is 4.74 Å². The highest BCUT2D eigenvalue weighted by Gasteiger charge is 2.47. The number of phosphoric ester groups is 1. The van der Waals surface area contributed by atoms with E-state index in [1.807, 2.05) is 6.07 Å². The fourth-order valence-corrected chi connectivity index (χ4v) is 7.25. The van der Waals surface area contributed by atoms with Crippen LogP contribution in [0.3, 0.4) is 0 Å². The van der Waals surface area contributed by atoms with Gasteiger partial charge in [0, 0.05) is 28.0 Å². The number of nitrogens with zero attached hydrogens (tertiary/aromatic N) is 4. The fourth-order valence-electron chi connectivity index (χ4n) is 5.59. The molecule has 18 heteroatoms. The van der Waals surface area contributed by atoms with Crippen molar-refractivity contribution >= 4 is 31.6 Å². The summed E-state index contributed by atoms with van der Waals surface area (Å²) in [5.41, 5.74) is -1.85. The van der Waals surface area contributed by atoms with Crippen LogP contribution >= 0.6 is 19.6 Å². The average molecular weight is 787 g/mol. The van der Waals surface area contributed by atoms with Crippen molar-refractivity contribution in [2.24, 2.45) is 0 Å². The first kappa shape index (κ1) is 40.4. The first-order valence-corrected chi connectivity index (χ1v) is 18.6. The smallest absolute Gasteiger partial charge is 0.469 e. The molecule has 13 nitrogen and oxygen atoms in total. The number of aromatic nitrogens is 3. The molecule has 1 fully saturated rings. The van der Waals surface area contributed by atoms with Gasteiger partial charge in [-0.15, -0.1) is 11.8 Å². The molecular weight excluding hydrogens is 752 g/mol. The largest absolute Gasteiger partial charge is 0.496 e. The summed E-state index contributed by atoms with van der Waals surface area (Å²) in [5.74, 6) is -3.40. The minimum Gasteiger partial charge on any atom is -0.496 e. The molecule has 0 unspecified atom stereocenters. The van der Waals surface area contributed by atoms with Crippen LogP contribution in [-0.4, -0.2) is 67.6 Å². The van der Waals surface area contributed by atoms with E-state index in [2.05, 4.69) is 10.1 Å². The van der Waals surface area contributed by atoms with Gasteiger partial charge in [-0.3, -0.25) is 4.52 Å². The van der Waals surface area contributed by atoms with Crippen molar-refractivity contribution in [3.8, 4) is 11.8 Å². The minimum absolute atomic E-state index is 0.0482. The Bertz CT molecular complexity index is 2090. The van der Waals surface area contributed by atoms with Gasteiger partial charge in [0.1, 0.15) is 35.9 Å². The second kappa shape index (κ2) is 18.0. The molecule has 0 bridgehead atoms. The summed E-state index contributed by atoms with van der Waals surface area (Å²) in [4.78, 5) is 36.9. The molecule has 4 aromatic rings. The number of hydrogen-bond acceptors (Lipinski definition) is 11. The Kier molecular flexibility index (Phi) is 13.5. The molecule has 0 spiro atoms. The zero-order valence-electron chi connectivity index (χ0n) is 28.8. The number of nitriles is 1. The molecule has 1 aliphatic heterocycles. The molecule has 2 N–H and O–H groups in total. The Morgan fingerprint density at radius 2 is 1.93 bits per heavy atom. The van der Waals surface area contributed by atoms with Crippen LogP contribution in [0, 0.1) is 28.8 Å². The number of phosphoric acid groups is 1. The van der Waals surface area contributed by atoms with Crippen molar-refractivity contribution in [1.82, 2.24) is 14.8 Å². The van der Waals surface area contributed by atoms with E-state index in [0.29, 0.717) is 11.6 Å². The van der Waals surface area contributed by atoms with Crippen LogP contribution in [0.25, 0.3) is 6.08 Å². The third kappa shape index (κ3) is 10.2. The van der Waals surface area contributed by atoms with E-state index in [0.717, 1.165) is 12.1 Å². The number of esters is 1. The lowest BCUT2D eigenvalue weighted by molar-refractivity contribution is -0.146. The van der Waals surface area contributed by atoms with Gasteiger partial charge in [-0.25, -0.2) is 32.2 Å². The van der Waals surface area contributed by atoms with Gasteiger partial charge in [0.15, 0.2) is 11.9 Å². The number of benzene rings is 3. The van der Waals surface area contributed by atoms with Crippen molar-refractivity contribution < 1.29 is 55.8 Å². The number of ether oxygens (including phenoxy) is 4. The number of carbonyl (C=O) groups is 1. The highest BCUT2D eigenvalue weighted by molar-refractivity contribution is 8.00. The predicted molar refractivity (Wildman–Crippen MR) is 189 cm³/mol. The molecule has 2 atom stereocenters. The van der Waals surface area contributed by atoms with Crippen LogP contribution in [0.2, 0.25) is 0 Å². The number of halogens is 3. The summed E-state index contributed by atoms with van der Waals surface area (Å²) in [5, 5.41) is 11.9. The molecule has 54 heavy (non-hydrogen) atoms. The summed E-state index contributed by atoms with van der Waals surface area (Å²) in [6.45, 7) is 0.951. The maximum atomic E-state index is 15.9. The normalized spacial score (nSPS) is 18.0. The van der Waals surface area contributed by atoms with E-state index in [4.69, 9.17) is 28.7 Å². The summed E-state index contributed by atoms with van der Waals surface area (Å²) in [6, 6.07) is 13.1. The monoisotopic (exact) mass is 786 g/mol. The van der Waals surface area contributed by atoms with Crippen molar-refractivity contribution in [1.29, 1.82) is 5.26 Å². The number of carbonyl (C=O) groups excluding carboxylic acids is 1. The molecule has 0 saturated carbocycles. The number of thioether (sulfide) groups is 1. The third-order valence-electron chi connectivity index (χ3n) is 8.21. The third-order valence-corrected chi connectivity index (χ3v) is 10.1. The quantitative estimate of drug-likeness (QED) is 0.0808. The summed E-state index contributed by atoms with van der Waals surface area (Å²) in [6.07, 6.45) is 8.18. The summed E-state index contributed by atoms with van der Waals surface area (Å²) >= 11 is 1.25. The van der Waals surface area contributed by atoms with Gasteiger partial charge >= 0.3 is 13.8 Å². The van der Waals surface area contributed by atoms with Gasteiger partial charge in [0.25, 0.3) is 0 Å². The van der Waals surface area contributed by atoms with Gasteiger partial charge in [-0.05, 0) is 49.4 Å². The molecular formula is C36H34F3N4O9PS. The topological polar surface area (TPSA) is 175 Å². The lowest BCUT2D eigenvalue weighted by Gasteiger charge is -2.40. The van der Waals surface area contributed by atoms with E-state index < -0.39 is 55.0 Å². The van der Waals surface area contributed by atoms with Crippen LogP contribution in [0.15, 0.2) is 85.5 Å². The number of rotatable bonds is 15. The van der Waals surface area contributed by atoms with E-state index >= 15 is 4.39 Å². The lowest BCUT2D eigenvalue weighted by atomic mass is 9.89. The maximum absolute atomic E-state index is 15.9. The number of allylic oxidation sites excluding steroid dienone is 2. The molecule has 1 saturated heterocycles. The first-order chi connectivity index (χ1) is 25.8. The van der Waals surface area contributed by atoms with E-state index in [1.165, 1.54) is 78.7 Å². The van der Waals surface area contributed by atoms with Gasteiger partial charge in [-0.1, -0.05) is 30.4 Å². The second-order valence-electron chi connectivity index (χ2n) is 11.8. The summed E-state index contributed by atoms with van der Waals surface area (Å²) < 4.78 is 85.3. The Morgan fingerprint density at radius 1 is 1.15 bits per heavy atom. The van der Waals surface area contributed by atoms with Crippen molar-refractivity contribution in [2.75, 3.05) is 20.3 Å². The maximum Gasteiger partial charge on any atom is 0.469 e. The standard InChI is InChI=1S/C36H34F3N4O9PS/c1-23(54-27-17-49-34(50-18-27)9-4-3-6-25-11-10-24(16-40)14-31(25)38)36(20-43-22-41-21-42-43,30-13-12-26(37)15-32(30)39)52-35(44)28-7-5-8-33(48-2)29(28)19-51-53(45,46)47/h3-15,21-23,27,34H,17-20H2,1-2H3,(H2,45,46,47)/b6-3+,9-4+/t23-,27-,34-,36-/m1/s1. The van der Waals surface area contributed by atoms with Crippen LogP contribution in [-0.2, 0) is 42.1 Å². The Balaban J connectivity index is 1.40. The van der Waals surface area contributed by atoms with Crippen LogP contribution in [0.4, 0.5) is 13.2 Å². The van der Waals surface area contributed by atoms with Crippen LogP contribution in [0.1, 0.15) is 39.5 Å². The zero-order chi connectivity index (χ0) is 38.9. The fraction of sp³-hybridized carbons (Fsp3) is 0.278. The van der Waals surface area contributed by atoms with Crippen molar-refractivity contribution in [3.05, 3.63) is 131 Å². The molecule has 3 aromatic carbocycles. The molecule has 5 rings (SSSR count). The lowest BCUT2D eigenvalue weighted by Crippen LogP contribution is -2.47. The average Bonchev–Trinajstić information content (AvgIpc) is 3.65. The van der Waals surface area contributed by atoms with Gasteiger partial charge in [0.2, 0.25) is 0 Å². The van der Waals surface area contributed by atoms with Crippen LogP contribution in [0.5, 0.6) is 5.75 Å². The highest BCUT2D eigenvalue weighted by atomic mass is 32.2. The van der Waals surface area contributed by atoms with Crippen molar-refractivity contribution in [3.63, 3.8) is 0 Å². The molecule has 1 aliphatic rings. The SMILES string of the molecule is COc1cccc(C(=O)O[C@@](Cn2cncn2)(c2ccc(F)cc2F)[C@@H](C)S[C@H]2CO[C@H](/C=C/C=C/c3ccc(C#N)cc3F)OC2)c1COP(=O)(O)O. The van der Waals surface area contributed by atoms with E-state index in [9.17, 15) is 27.9 Å². The number of hydrogen-bond donors (Lipinski definition) is 2. The highest BCUT2D eigenvalue weighted by Crippen LogP contribution is 2.43. The Hall–Kier alpha value is -4.79. The molecule has 0 amide bonds. The second-order valence-corrected chi connectivity index (χ2v) is 14.7. The predicted octanol–water partition coefficient (Wildman–Crippen LogP) is 6.07. The molecule has 0 radical (unpaired) electrons. The van der Waals surface area contributed by atoms with Crippen molar-refractivity contribution in [2.45, 2.75) is 42.5 Å².